The molecule has 5 nitrogen and oxygen atoms in total. The molecule has 0 aromatic heterocycles. The van der Waals surface area contributed by atoms with Crippen molar-refractivity contribution in [3.8, 4) is 0 Å². The zero-order valence-corrected chi connectivity index (χ0v) is 10.3. The van der Waals surface area contributed by atoms with Gasteiger partial charge in [0.25, 0.3) is 0 Å². The summed E-state index contributed by atoms with van der Waals surface area (Å²) in [5, 5.41) is 0. The Balaban J connectivity index is 3.37. The quantitative estimate of drug-likeness (QED) is 0.310. The second-order valence-electron chi connectivity index (χ2n) is 3.51. The number of methoxy groups -OCH3 is 2. The first-order chi connectivity index (χ1) is 8.02. The molecule has 0 radical (unpaired) electrons. The summed E-state index contributed by atoms with van der Waals surface area (Å²) in [6, 6.07) is 0. The second kappa shape index (κ2) is 5.34. The molecule has 0 amide bonds. The zero-order valence-electron chi connectivity index (χ0n) is 10.3. The Morgan fingerprint density at radius 2 is 1.71 bits per heavy atom. The molecule has 0 spiro atoms. The van der Waals surface area contributed by atoms with E-state index in [9.17, 15) is 9.59 Å². The summed E-state index contributed by atoms with van der Waals surface area (Å²) in [5.41, 5.74) is 1.18. The molecule has 1 rings (SSSR count). The van der Waals surface area contributed by atoms with Crippen molar-refractivity contribution in [2.24, 2.45) is 0 Å². The van der Waals surface area contributed by atoms with Gasteiger partial charge in [-0.2, -0.15) is 0 Å². The molecule has 0 saturated carbocycles. The first-order valence-corrected chi connectivity index (χ1v) is 5.02. The van der Waals surface area contributed by atoms with Gasteiger partial charge in [0.1, 0.15) is 0 Å². The molecule has 0 bridgehead atoms. The Kier molecular flexibility index (Phi) is 4.09. The Bertz CT molecular complexity index is 414. The fourth-order valence-electron chi connectivity index (χ4n) is 1.60. The van der Waals surface area contributed by atoms with Crippen molar-refractivity contribution in [2.45, 2.75) is 6.92 Å². The Morgan fingerprint density at radius 3 is 2.12 bits per heavy atom. The molecule has 0 aromatic rings. The molecular formula is C12H15NO4. The molecule has 0 saturated heterocycles. The van der Waals surface area contributed by atoms with Gasteiger partial charge in [0.15, 0.2) is 5.57 Å². The maximum Gasteiger partial charge on any atom is 0.347 e. The number of carbonyl (C=O) groups is 2. The monoisotopic (exact) mass is 237 g/mol. The maximum atomic E-state index is 11.6. The second-order valence-corrected chi connectivity index (χ2v) is 3.51. The molecule has 0 fully saturated rings. The molecule has 0 N–H and O–H groups in total. The molecule has 1 aliphatic heterocycles. The van der Waals surface area contributed by atoms with Crippen LogP contribution in [0.1, 0.15) is 6.92 Å². The van der Waals surface area contributed by atoms with Crippen LogP contribution in [0, 0.1) is 0 Å². The van der Waals surface area contributed by atoms with Gasteiger partial charge < -0.3 is 14.4 Å². The highest BCUT2D eigenvalue weighted by molar-refractivity contribution is 6.15. The van der Waals surface area contributed by atoms with Gasteiger partial charge in [-0.25, -0.2) is 9.59 Å². The number of carbonyl (C=O) groups excluding carboxylic acids is 2. The van der Waals surface area contributed by atoms with Gasteiger partial charge >= 0.3 is 11.9 Å². The number of rotatable bonds is 2. The lowest BCUT2D eigenvalue weighted by atomic mass is 10.0. The van der Waals surface area contributed by atoms with Crippen LogP contribution in [0.5, 0.6) is 0 Å². The lowest BCUT2D eigenvalue weighted by Crippen LogP contribution is -2.25. The number of ether oxygens (including phenoxy) is 2. The lowest BCUT2D eigenvalue weighted by molar-refractivity contribution is -0.144. The molecule has 0 aromatic carbocycles. The highest BCUT2D eigenvalue weighted by Crippen LogP contribution is 2.23. The van der Waals surface area contributed by atoms with Crippen molar-refractivity contribution in [3.63, 3.8) is 0 Å². The number of hydrogen-bond donors (Lipinski definition) is 0. The first-order valence-electron chi connectivity index (χ1n) is 5.02. The van der Waals surface area contributed by atoms with Crippen molar-refractivity contribution in [1.29, 1.82) is 0 Å². The minimum absolute atomic E-state index is 0.101. The Labute approximate surface area is 100.0 Å². The fraction of sp³-hybridized carbons (Fsp3) is 0.333. The van der Waals surface area contributed by atoms with E-state index in [0.29, 0.717) is 5.70 Å². The van der Waals surface area contributed by atoms with Crippen LogP contribution in [-0.4, -0.2) is 38.1 Å². The standard InChI is InChI=1S/C12H15NO4/c1-8-6-5-7-13(2)10(8)9(11(14)16-3)12(15)17-4/h5-7H,1-4H3. The van der Waals surface area contributed by atoms with E-state index in [1.54, 1.807) is 31.1 Å². The van der Waals surface area contributed by atoms with Crippen molar-refractivity contribution < 1.29 is 19.1 Å². The SMILES string of the molecule is COC(=O)C(C(=O)OC)=C1C(C)=CC=CN1C. The molecule has 1 aliphatic rings. The van der Waals surface area contributed by atoms with E-state index in [0.717, 1.165) is 5.57 Å². The van der Waals surface area contributed by atoms with Crippen LogP contribution in [-0.2, 0) is 19.1 Å². The fourth-order valence-corrected chi connectivity index (χ4v) is 1.60. The smallest absolute Gasteiger partial charge is 0.347 e. The highest BCUT2D eigenvalue weighted by atomic mass is 16.5. The summed E-state index contributed by atoms with van der Waals surface area (Å²) >= 11 is 0. The third-order valence-corrected chi connectivity index (χ3v) is 2.40. The van der Waals surface area contributed by atoms with Crippen LogP contribution in [0.3, 0.4) is 0 Å². The van der Waals surface area contributed by atoms with Gasteiger partial charge in [-0.05, 0) is 18.6 Å². The molecule has 0 unspecified atom stereocenters. The Hall–Kier alpha value is -2.04. The largest absolute Gasteiger partial charge is 0.465 e. The van der Waals surface area contributed by atoms with E-state index >= 15 is 0 Å². The number of nitrogens with zero attached hydrogens (tertiary/aromatic N) is 1. The van der Waals surface area contributed by atoms with E-state index in [2.05, 4.69) is 9.47 Å². The summed E-state index contributed by atoms with van der Waals surface area (Å²) in [7, 11) is 4.20. The van der Waals surface area contributed by atoms with Gasteiger partial charge in [-0.3, -0.25) is 0 Å². The summed E-state index contributed by atoms with van der Waals surface area (Å²) in [4.78, 5) is 25.0. The molecule has 92 valence electrons. The molecule has 17 heavy (non-hydrogen) atoms. The minimum Gasteiger partial charge on any atom is -0.465 e. The van der Waals surface area contributed by atoms with E-state index in [1.165, 1.54) is 14.2 Å². The van der Waals surface area contributed by atoms with Gasteiger partial charge in [-0.15, -0.1) is 0 Å². The number of likely N-dealkylation sites (N-methyl/N-ethyl adjacent to an activating group) is 1. The van der Waals surface area contributed by atoms with Crippen LogP contribution in [0.15, 0.2) is 35.2 Å². The Morgan fingerprint density at radius 1 is 1.18 bits per heavy atom. The van der Waals surface area contributed by atoms with Crippen LogP contribution < -0.4 is 0 Å². The topological polar surface area (TPSA) is 55.8 Å². The minimum atomic E-state index is -0.707. The average molecular weight is 237 g/mol. The van der Waals surface area contributed by atoms with Crippen molar-refractivity contribution in [2.75, 3.05) is 21.3 Å². The third-order valence-electron chi connectivity index (χ3n) is 2.40. The van der Waals surface area contributed by atoms with Crippen LogP contribution in [0.25, 0.3) is 0 Å². The average Bonchev–Trinajstić information content (AvgIpc) is 2.32. The summed E-state index contributed by atoms with van der Waals surface area (Å²) in [5.74, 6) is -1.41. The summed E-state index contributed by atoms with van der Waals surface area (Å²) < 4.78 is 9.22. The summed E-state index contributed by atoms with van der Waals surface area (Å²) in [6.07, 6.45) is 5.38. The number of hydrogen-bond acceptors (Lipinski definition) is 5. The number of esters is 2. The van der Waals surface area contributed by atoms with Crippen molar-refractivity contribution in [3.05, 3.63) is 35.2 Å². The molecular weight excluding hydrogens is 222 g/mol. The van der Waals surface area contributed by atoms with Gasteiger partial charge in [0.2, 0.25) is 0 Å². The molecule has 0 aliphatic carbocycles. The predicted octanol–water partition coefficient (Wildman–Crippen LogP) is 0.992. The third kappa shape index (κ3) is 2.55. The van der Waals surface area contributed by atoms with Crippen molar-refractivity contribution >= 4 is 11.9 Å². The normalized spacial score (nSPS) is 14.2. The van der Waals surface area contributed by atoms with Gasteiger partial charge in [0, 0.05) is 13.2 Å². The highest BCUT2D eigenvalue weighted by Gasteiger charge is 2.28. The van der Waals surface area contributed by atoms with Gasteiger partial charge in [-0.1, -0.05) is 6.08 Å². The van der Waals surface area contributed by atoms with E-state index < -0.39 is 11.9 Å². The first kappa shape index (κ1) is 13.0. The number of allylic oxidation sites excluding steroid dienone is 3. The molecule has 5 heteroatoms. The van der Waals surface area contributed by atoms with Gasteiger partial charge in [0.05, 0.1) is 19.9 Å². The summed E-state index contributed by atoms with van der Waals surface area (Å²) in [6.45, 7) is 1.81. The lowest BCUT2D eigenvalue weighted by Gasteiger charge is -2.24. The van der Waals surface area contributed by atoms with Crippen LogP contribution in [0.2, 0.25) is 0 Å². The predicted molar refractivity (Wildman–Crippen MR) is 61.7 cm³/mol. The van der Waals surface area contributed by atoms with E-state index in [4.69, 9.17) is 0 Å². The van der Waals surface area contributed by atoms with Crippen LogP contribution >= 0.6 is 0 Å². The zero-order chi connectivity index (χ0) is 13.0. The van der Waals surface area contributed by atoms with E-state index in [-0.39, 0.29) is 5.57 Å². The molecule has 0 atom stereocenters. The maximum absolute atomic E-state index is 11.6. The van der Waals surface area contributed by atoms with E-state index in [1.807, 2.05) is 6.08 Å². The van der Waals surface area contributed by atoms with Crippen LogP contribution in [0.4, 0.5) is 0 Å². The van der Waals surface area contributed by atoms with Crippen molar-refractivity contribution in [1.82, 2.24) is 4.90 Å². The molecule has 1 heterocycles.